The first-order valence-corrected chi connectivity index (χ1v) is 6.84. The number of hydrogen-bond acceptors (Lipinski definition) is 4. The molecular formula is C15H18FN3O2. The molecule has 2 rings (SSSR count). The summed E-state index contributed by atoms with van der Waals surface area (Å²) >= 11 is 0. The largest absolute Gasteiger partial charge is 0.464 e. The molecule has 1 N–H and O–H groups in total. The maximum absolute atomic E-state index is 13.3. The van der Waals surface area contributed by atoms with Gasteiger partial charge in [0.1, 0.15) is 5.82 Å². The fourth-order valence-electron chi connectivity index (χ4n) is 2.06. The van der Waals surface area contributed by atoms with Gasteiger partial charge in [0.25, 0.3) is 0 Å². The molecule has 0 aliphatic rings. The van der Waals surface area contributed by atoms with Crippen LogP contribution in [0.15, 0.2) is 36.8 Å². The molecule has 1 heterocycles. The molecule has 0 aliphatic heterocycles. The van der Waals surface area contributed by atoms with E-state index in [0.29, 0.717) is 17.9 Å². The van der Waals surface area contributed by atoms with E-state index in [4.69, 9.17) is 4.74 Å². The van der Waals surface area contributed by atoms with Crippen LogP contribution in [-0.4, -0.2) is 22.1 Å². The summed E-state index contributed by atoms with van der Waals surface area (Å²) < 4.78 is 20.2. The summed E-state index contributed by atoms with van der Waals surface area (Å²) in [7, 11) is 0. The highest BCUT2D eigenvalue weighted by molar-refractivity contribution is 5.80. The number of anilines is 1. The maximum Gasteiger partial charge on any atom is 0.334 e. The number of benzene rings is 1. The average Bonchev–Trinajstić information content (AvgIpc) is 2.93. The monoisotopic (exact) mass is 291 g/mol. The molecule has 2 aromatic rings. The van der Waals surface area contributed by atoms with E-state index in [0.717, 1.165) is 0 Å². The van der Waals surface area contributed by atoms with Gasteiger partial charge in [0.15, 0.2) is 6.04 Å². The number of aromatic nitrogens is 2. The molecule has 21 heavy (non-hydrogen) atoms. The van der Waals surface area contributed by atoms with Crippen molar-refractivity contribution < 1.29 is 13.9 Å². The van der Waals surface area contributed by atoms with Crippen LogP contribution in [0.2, 0.25) is 0 Å². The number of carbonyl (C=O) groups excluding carboxylic acids is 1. The third-order valence-corrected chi connectivity index (χ3v) is 3.04. The number of esters is 1. The van der Waals surface area contributed by atoms with Crippen LogP contribution in [-0.2, 0) is 16.1 Å². The van der Waals surface area contributed by atoms with E-state index >= 15 is 0 Å². The maximum atomic E-state index is 13.3. The van der Waals surface area contributed by atoms with Crippen molar-refractivity contribution in [2.45, 2.75) is 26.4 Å². The van der Waals surface area contributed by atoms with E-state index in [1.54, 1.807) is 31.6 Å². The molecule has 5 nitrogen and oxygen atoms in total. The van der Waals surface area contributed by atoms with Gasteiger partial charge in [-0.15, -0.1) is 0 Å². The van der Waals surface area contributed by atoms with Crippen molar-refractivity contribution in [2.75, 3.05) is 11.9 Å². The number of carbonyl (C=O) groups is 1. The Morgan fingerprint density at radius 1 is 1.48 bits per heavy atom. The van der Waals surface area contributed by atoms with E-state index in [1.165, 1.54) is 12.1 Å². The Bertz CT molecular complexity index is 612. The first-order valence-electron chi connectivity index (χ1n) is 6.84. The van der Waals surface area contributed by atoms with E-state index in [2.05, 4.69) is 10.3 Å². The fourth-order valence-corrected chi connectivity index (χ4v) is 2.06. The summed E-state index contributed by atoms with van der Waals surface area (Å²) in [4.78, 5) is 16.2. The van der Waals surface area contributed by atoms with Crippen LogP contribution < -0.4 is 5.32 Å². The lowest BCUT2D eigenvalue weighted by atomic mass is 10.2. The average molecular weight is 291 g/mol. The standard InChI is InChI=1S/C15H18FN3O2/c1-3-19-10-17-9-13(19)14(15(20)21-4-2)18-12-7-5-6-11(16)8-12/h5-10,14,18H,3-4H2,1-2H3. The molecule has 0 bridgehead atoms. The highest BCUT2D eigenvalue weighted by Crippen LogP contribution is 2.21. The minimum Gasteiger partial charge on any atom is -0.464 e. The SMILES string of the molecule is CCOC(=O)C(Nc1cccc(F)c1)c1cncn1CC. The topological polar surface area (TPSA) is 56.1 Å². The Labute approximate surface area is 122 Å². The predicted molar refractivity (Wildman–Crippen MR) is 77.3 cm³/mol. The van der Waals surface area contributed by atoms with Crippen molar-refractivity contribution in [3.8, 4) is 0 Å². The molecule has 112 valence electrons. The summed E-state index contributed by atoms with van der Waals surface area (Å²) in [6.45, 7) is 4.65. The van der Waals surface area contributed by atoms with Gasteiger partial charge in [0, 0.05) is 12.2 Å². The zero-order valence-electron chi connectivity index (χ0n) is 12.0. The van der Waals surface area contributed by atoms with Crippen molar-refractivity contribution in [3.63, 3.8) is 0 Å². The second-order valence-electron chi connectivity index (χ2n) is 4.44. The van der Waals surface area contributed by atoms with Gasteiger partial charge in [-0.3, -0.25) is 0 Å². The zero-order chi connectivity index (χ0) is 15.2. The van der Waals surface area contributed by atoms with Crippen LogP contribution >= 0.6 is 0 Å². The minimum absolute atomic E-state index is 0.278. The number of nitrogens with one attached hydrogen (secondary N) is 1. The lowest BCUT2D eigenvalue weighted by Gasteiger charge is -2.19. The Morgan fingerprint density at radius 3 is 2.95 bits per heavy atom. The number of aryl methyl sites for hydroxylation is 1. The van der Waals surface area contributed by atoms with Crippen LogP contribution in [0.25, 0.3) is 0 Å². The lowest BCUT2D eigenvalue weighted by Crippen LogP contribution is -2.25. The van der Waals surface area contributed by atoms with Gasteiger partial charge in [0.05, 0.1) is 24.8 Å². The van der Waals surface area contributed by atoms with Crippen LogP contribution in [0.3, 0.4) is 0 Å². The second kappa shape index (κ2) is 6.88. The molecule has 1 aromatic heterocycles. The van der Waals surface area contributed by atoms with Gasteiger partial charge < -0.3 is 14.6 Å². The number of hydrogen-bond donors (Lipinski definition) is 1. The smallest absolute Gasteiger partial charge is 0.334 e. The molecule has 0 saturated heterocycles. The quantitative estimate of drug-likeness (QED) is 0.831. The Balaban J connectivity index is 2.30. The highest BCUT2D eigenvalue weighted by Gasteiger charge is 2.25. The molecular weight excluding hydrogens is 273 g/mol. The van der Waals surface area contributed by atoms with Gasteiger partial charge in [-0.2, -0.15) is 0 Å². The molecule has 6 heteroatoms. The molecule has 0 amide bonds. The van der Waals surface area contributed by atoms with Crippen LogP contribution in [0.4, 0.5) is 10.1 Å². The third kappa shape index (κ3) is 3.59. The highest BCUT2D eigenvalue weighted by atomic mass is 19.1. The van der Waals surface area contributed by atoms with Crippen LogP contribution in [0.1, 0.15) is 25.6 Å². The first-order chi connectivity index (χ1) is 10.2. The Kier molecular flexibility index (Phi) is 4.92. The minimum atomic E-state index is -0.728. The first kappa shape index (κ1) is 15.0. The number of halogens is 1. The second-order valence-corrected chi connectivity index (χ2v) is 4.44. The van der Waals surface area contributed by atoms with Gasteiger partial charge >= 0.3 is 5.97 Å². The van der Waals surface area contributed by atoms with Crippen molar-refractivity contribution in [3.05, 3.63) is 48.3 Å². The van der Waals surface area contributed by atoms with Gasteiger partial charge in [-0.25, -0.2) is 14.2 Å². The summed E-state index contributed by atoms with van der Waals surface area (Å²) in [6.07, 6.45) is 3.26. The Hall–Kier alpha value is -2.37. The van der Waals surface area contributed by atoms with Crippen LogP contribution in [0, 0.1) is 5.82 Å². The number of nitrogens with zero attached hydrogens (tertiary/aromatic N) is 2. The molecule has 0 fully saturated rings. The van der Waals surface area contributed by atoms with Gasteiger partial charge in [-0.1, -0.05) is 6.07 Å². The van der Waals surface area contributed by atoms with E-state index in [9.17, 15) is 9.18 Å². The molecule has 0 radical (unpaired) electrons. The van der Waals surface area contributed by atoms with Crippen molar-refractivity contribution >= 4 is 11.7 Å². The van der Waals surface area contributed by atoms with Crippen molar-refractivity contribution in [1.29, 1.82) is 0 Å². The summed E-state index contributed by atoms with van der Waals surface area (Å²) in [5, 5.41) is 3.01. The zero-order valence-corrected chi connectivity index (χ0v) is 12.0. The lowest BCUT2D eigenvalue weighted by molar-refractivity contribution is -0.144. The molecule has 0 spiro atoms. The Morgan fingerprint density at radius 2 is 2.29 bits per heavy atom. The molecule has 1 atom stereocenters. The van der Waals surface area contributed by atoms with Crippen molar-refractivity contribution in [1.82, 2.24) is 9.55 Å². The van der Waals surface area contributed by atoms with E-state index < -0.39 is 12.0 Å². The van der Waals surface area contributed by atoms with Crippen LogP contribution in [0.5, 0.6) is 0 Å². The molecule has 1 unspecified atom stereocenters. The molecule has 0 saturated carbocycles. The predicted octanol–water partition coefficient (Wildman–Crippen LogP) is 2.76. The number of rotatable bonds is 6. The summed E-state index contributed by atoms with van der Waals surface area (Å²) in [5.74, 6) is -0.788. The summed E-state index contributed by atoms with van der Waals surface area (Å²) in [5.41, 5.74) is 1.19. The molecule has 0 aliphatic carbocycles. The fraction of sp³-hybridized carbons (Fsp3) is 0.333. The van der Waals surface area contributed by atoms with E-state index in [1.807, 2.05) is 11.5 Å². The normalized spacial score (nSPS) is 12.0. The molecule has 1 aromatic carbocycles. The van der Waals surface area contributed by atoms with Gasteiger partial charge in [-0.05, 0) is 32.0 Å². The summed E-state index contributed by atoms with van der Waals surface area (Å²) in [6, 6.07) is 5.23. The third-order valence-electron chi connectivity index (χ3n) is 3.04. The number of ether oxygens (including phenoxy) is 1. The van der Waals surface area contributed by atoms with E-state index in [-0.39, 0.29) is 12.4 Å². The van der Waals surface area contributed by atoms with Gasteiger partial charge in [0.2, 0.25) is 0 Å². The number of imidazole rings is 1. The van der Waals surface area contributed by atoms with Crippen molar-refractivity contribution in [2.24, 2.45) is 0 Å².